The summed E-state index contributed by atoms with van der Waals surface area (Å²) in [5, 5.41) is 0. The van der Waals surface area contributed by atoms with Crippen LogP contribution < -0.4 is 11.3 Å². The standard InChI is InChI=1S/C17H28BrFN2/c1-2-3-4-5-6-7-8-9-16(21-20)13-14-12-15(19)10-11-17(14)18/h10-12,16,21H,2-9,13,20H2,1H3. The average molecular weight is 359 g/mol. The Balaban J connectivity index is 2.27. The molecule has 3 N–H and O–H groups in total. The fourth-order valence-electron chi connectivity index (χ4n) is 2.56. The molecular weight excluding hydrogens is 331 g/mol. The van der Waals surface area contributed by atoms with E-state index in [4.69, 9.17) is 5.84 Å². The van der Waals surface area contributed by atoms with Crippen LogP contribution in [0.3, 0.4) is 0 Å². The Morgan fingerprint density at radius 2 is 1.81 bits per heavy atom. The Kier molecular flexibility index (Phi) is 9.89. The largest absolute Gasteiger partial charge is 0.271 e. The van der Waals surface area contributed by atoms with Crippen molar-refractivity contribution in [3.8, 4) is 0 Å². The monoisotopic (exact) mass is 358 g/mol. The van der Waals surface area contributed by atoms with Crippen LogP contribution in [0.1, 0.15) is 63.9 Å². The van der Waals surface area contributed by atoms with Crippen LogP contribution in [0.2, 0.25) is 0 Å². The van der Waals surface area contributed by atoms with Crippen LogP contribution in [0, 0.1) is 5.82 Å². The molecule has 0 fully saturated rings. The predicted molar refractivity (Wildman–Crippen MR) is 91.5 cm³/mol. The summed E-state index contributed by atoms with van der Waals surface area (Å²) in [7, 11) is 0. The van der Waals surface area contributed by atoms with Crippen LogP contribution in [0.25, 0.3) is 0 Å². The van der Waals surface area contributed by atoms with Gasteiger partial charge < -0.3 is 0 Å². The zero-order valence-corrected chi connectivity index (χ0v) is 14.6. The van der Waals surface area contributed by atoms with Crippen molar-refractivity contribution in [2.45, 2.75) is 70.8 Å². The van der Waals surface area contributed by atoms with Crippen molar-refractivity contribution in [2.75, 3.05) is 0 Å². The van der Waals surface area contributed by atoms with Gasteiger partial charge in [0.05, 0.1) is 0 Å². The van der Waals surface area contributed by atoms with Crippen molar-refractivity contribution in [2.24, 2.45) is 5.84 Å². The molecule has 1 rings (SSSR count). The highest BCUT2D eigenvalue weighted by molar-refractivity contribution is 9.10. The molecule has 0 amide bonds. The number of hydrogen-bond donors (Lipinski definition) is 2. The number of unbranched alkanes of at least 4 members (excludes halogenated alkanes) is 6. The third kappa shape index (κ3) is 7.93. The van der Waals surface area contributed by atoms with Gasteiger partial charge in [-0.2, -0.15) is 0 Å². The molecule has 2 nitrogen and oxygen atoms in total. The van der Waals surface area contributed by atoms with Gasteiger partial charge in [0.1, 0.15) is 5.82 Å². The van der Waals surface area contributed by atoms with E-state index in [1.807, 2.05) is 0 Å². The van der Waals surface area contributed by atoms with E-state index < -0.39 is 0 Å². The normalized spacial score (nSPS) is 12.6. The molecule has 1 aromatic carbocycles. The minimum absolute atomic E-state index is 0.195. The highest BCUT2D eigenvalue weighted by Gasteiger charge is 2.10. The van der Waals surface area contributed by atoms with Crippen LogP contribution in [-0.2, 0) is 6.42 Å². The molecular formula is C17H28BrFN2. The van der Waals surface area contributed by atoms with Gasteiger partial charge in [0.2, 0.25) is 0 Å². The van der Waals surface area contributed by atoms with Crippen molar-refractivity contribution >= 4 is 15.9 Å². The van der Waals surface area contributed by atoms with Crippen molar-refractivity contribution in [3.05, 3.63) is 34.1 Å². The van der Waals surface area contributed by atoms with Crippen molar-refractivity contribution in [1.29, 1.82) is 0 Å². The van der Waals surface area contributed by atoms with Gasteiger partial charge in [0, 0.05) is 10.5 Å². The predicted octanol–water partition coefficient (Wildman–Crippen LogP) is 5.10. The van der Waals surface area contributed by atoms with E-state index in [2.05, 4.69) is 28.3 Å². The molecule has 0 radical (unpaired) electrons. The maximum Gasteiger partial charge on any atom is 0.123 e. The Morgan fingerprint density at radius 3 is 2.48 bits per heavy atom. The van der Waals surface area contributed by atoms with Crippen LogP contribution in [-0.4, -0.2) is 6.04 Å². The van der Waals surface area contributed by atoms with E-state index in [1.165, 1.54) is 51.0 Å². The highest BCUT2D eigenvalue weighted by atomic mass is 79.9. The van der Waals surface area contributed by atoms with Gasteiger partial charge in [-0.25, -0.2) is 4.39 Å². The SMILES string of the molecule is CCCCCCCCCC(Cc1cc(F)ccc1Br)NN. The summed E-state index contributed by atoms with van der Waals surface area (Å²) >= 11 is 3.47. The minimum atomic E-state index is -0.195. The molecule has 4 heteroatoms. The molecule has 1 aromatic rings. The third-order valence-electron chi connectivity index (χ3n) is 3.87. The van der Waals surface area contributed by atoms with Crippen LogP contribution >= 0.6 is 15.9 Å². The zero-order chi connectivity index (χ0) is 15.5. The molecule has 0 spiro atoms. The molecule has 0 aliphatic rings. The van der Waals surface area contributed by atoms with Crippen molar-refractivity contribution < 1.29 is 4.39 Å². The number of hydrazine groups is 1. The van der Waals surface area contributed by atoms with E-state index in [1.54, 1.807) is 12.1 Å². The maximum atomic E-state index is 13.3. The molecule has 21 heavy (non-hydrogen) atoms. The lowest BCUT2D eigenvalue weighted by Crippen LogP contribution is -2.36. The van der Waals surface area contributed by atoms with Gasteiger partial charge in [-0.3, -0.25) is 11.3 Å². The Labute approximate surface area is 136 Å². The molecule has 0 aliphatic carbocycles. The van der Waals surface area contributed by atoms with E-state index in [0.29, 0.717) is 0 Å². The molecule has 0 saturated carbocycles. The van der Waals surface area contributed by atoms with E-state index >= 15 is 0 Å². The first kappa shape index (κ1) is 18.6. The smallest absolute Gasteiger partial charge is 0.123 e. The van der Waals surface area contributed by atoms with E-state index in [-0.39, 0.29) is 11.9 Å². The Morgan fingerprint density at radius 1 is 1.14 bits per heavy atom. The molecule has 120 valence electrons. The van der Waals surface area contributed by atoms with Gasteiger partial charge in [0.25, 0.3) is 0 Å². The molecule has 0 aliphatic heterocycles. The second-order valence-electron chi connectivity index (χ2n) is 5.71. The molecule has 0 bridgehead atoms. The van der Waals surface area contributed by atoms with Crippen LogP contribution in [0.5, 0.6) is 0 Å². The molecule has 0 aromatic heterocycles. The van der Waals surface area contributed by atoms with Gasteiger partial charge in [0.15, 0.2) is 0 Å². The molecule has 1 unspecified atom stereocenters. The highest BCUT2D eigenvalue weighted by Crippen LogP contribution is 2.20. The van der Waals surface area contributed by atoms with Crippen LogP contribution in [0.4, 0.5) is 4.39 Å². The molecule has 1 atom stereocenters. The first-order valence-corrected chi connectivity index (χ1v) is 8.86. The number of hydrogen-bond acceptors (Lipinski definition) is 2. The van der Waals surface area contributed by atoms with Gasteiger partial charge in [-0.15, -0.1) is 0 Å². The summed E-state index contributed by atoms with van der Waals surface area (Å²) in [5.74, 6) is 5.44. The number of nitrogens with two attached hydrogens (primary N) is 1. The van der Waals surface area contributed by atoms with E-state index in [0.717, 1.165) is 22.9 Å². The third-order valence-corrected chi connectivity index (χ3v) is 4.64. The summed E-state index contributed by atoms with van der Waals surface area (Å²) in [4.78, 5) is 0. The second-order valence-corrected chi connectivity index (χ2v) is 6.57. The Hall–Kier alpha value is -0.450. The molecule has 0 heterocycles. The summed E-state index contributed by atoms with van der Waals surface area (Å²) in [6.45, 7) is 2.24. The fraction of sp³-hybridized carbons (Fsp3) is 0.647. The number of rotatable bonds is 11. The maximum absolute atomic E-state index is 13.3. The fourth-order valence-corrected chi connectivity index (χ4v) is 2.97. The lowest BCUT2D eigenvalue weighted by atomic mass is 10.00. The summed E-state index contributed by atoms with van der Waals surface area (Å²) < 4.78 is 14.2. The van der Waals surface area contributed by atoms with Gasteiger partial charge in [-0.1, -0.05) is 67.8 Å². The molecule has 0 saturated heterocycles. The van der Waals surface area contributed by atoms with Gasteiger partial charge >= 0.3 is 0 Å². The van der Waals surface area contributed by atoms with Gasteiger partial charge in [-0.05, 0) is 36.6 Å². The number of benzene rings is 1. The zero-order valence-electron chi connectivity index (χ0n) is 13.0. The van der Waals surface area contributed by atoms with Crippen molar-refractivity contribution in [3.63, 3.8) is 0 Å². The summed E-state index contributed by atoms with van der Waals surface area (Å²) in [5.41, 5.74) is 3.84. The minimum Gasteiger partial charge on any atom is -0.271 e. The Bertz CT molecular complexity index is 398. The van der Waals surface area contributed by atoms with Crippen LogP contribution in [0.15, 0.2) is 22.7 Å². The first-order valence-electron chi connectivity index (χ1n) is 8.07. The summed E-state index contributed by atoms with van der Waals surface area (Å²) in [6, 6.07) is 5.01. The number of nitrogens with one attached hydrogen (secondary N) is 1. The average Bonchev–Trinajstić information content (AvgIpc) is 2.48. The topological polar surface area (TPSA) is 38.0 Å². The second kappa shape index (κ2) is 11.2. The first-order chi connectivity index (χ1) is 10.2. The lowest BCUT2D eigenvalue weighted by Gasteiger charge is -2.16. The van der Waals surface area contributed by atoms with Crippen molar-refractivity contribution in [1.82, 2.24) is 5.43 Å². The summed E-state index contributed by atoms with van der Waals surface area (Å²) in [6.07, 6.45) is 10.9. The lowest BCUT2D eigenvalue weighted by molar-refractivity contribution is 0.457. The number of halogens is 2. The quantitative estimate of drug-likeness (QED) is 0.328. The van der Waals surface area contributed by atoms with E-state index in [9.17, 15) is 4.39 Å².